The van der Waals surface area contributed by atoms with E-state index in [1.165, 1.54) is 13.2 Å². The van der Waals surface area contributed by atoms with Crippen LogP contribution < -0.4 is 5.32 Å². The Morgan fingerprint density at radius 1 is 1.16 bits per heavy atom. The lowest BCUT2D eigenvalue weighted by atomic mass is 9.95. The smallest absolute Gasteiger partial charge is 0.306 e. The van der Waals surface area contributed by atoms with Crippen LogP contribution in [0.3, 0.4) is 0 Å². The molecule has 1 aliphatic rings. The summed E-state index contributed by atoms with van der Waals surface area (Å²) in [6.45, 7) is 1.66. The van der Waals surface area contributed by atoms with Gasteiger partial charge in [0.05, 0.1) is 24.6 Å². The van der Waals surface area contributed by atoms with Crippen molar-refractivity contribution in [2.75, 3.05) is 25.5 Å². The van der Waals surface area contributed by atoms with Gasteiger partial charge in [0.1, 0.15) is 0 Å². The molecule has 160 valence electrons. The molecule has 1 N–H and O–H groups in total. The van der Waals surface area contributed by atoms with Gasteiger partial charge in [-0.05, 0) is 18.2 Å². The van der Waals surface area contributed by atoms with Gasteiger partial charge in [0.25, 0.3) is 5.91 Å². The Morgan fingerprint density at radius 3 is 2.74 bits per heavy atom. The van der Waals surface area contributed by atoms with Crippen LogP contribution in [0.25, 0.3) is 10.9 Å². The van der Waals surface area contributed by atoms with Gasteiger partial charge in [-0.25, -0.2) is 8.78 Å². The predicted octanol–water partition coefficient (Wildman–Crippen LogP) is 3.69. The maximum Gasteiger partial charge on any atom is 0.306 e. The summed E-state index contributed by atoms with van der Waals surface area (Å²) in [5.41, 5.74) is 2.91. The minimum Gasteiger partial charge on any atom is -0.469 e. The summed E-state index contributed by atoms with van der Waals surface area (Å²) in [7, 11) is 1.35. The molecule has 0 saturated heterocycles. The topological polar surface area (TPSA) is 71.5 Å². The van der Waals surface area contributed by atoms with Crippen molar-refractivity contribution in [1.82, 2.24) is 9.88 Å². The molecule has 2 aromatic carbocycles. The van der Waals surface area contributed by atoms with Crippen molar-refractivity contribution < 1.29 is 23.1 Å². The van der Waals surface area contributed by atoms with E-state index in [9.17, 15) is 18.4 Å². The zero-order chi connectivity index (χ0) is 22.0. The Labute approximate surface area is 177 Å². The van der Waals surface area contributed by atoms with Crippen molar-refractivity contribution in [2.24, 2.45) is 0 Å². The van der Waals surface area contributed by atoms with Gasteiger partial charge in [0, 0.05) is 54.5 Å². The molecule has 31 heavy (non-hydrogen) atoms. The van der Waals surface area contributed by atoms with Crippen LogP contribution in [0.15, 0.2) is 42.5 Å². The third-order valence-corrected chi connectivity index (χ3v) is 5.39. The molecule has 0 spiro atoms. The van der Waals surface area contributed by atoms with Gasteiger partial charge in [-0.2, -0.15) is 0 Å². The molecule has 4 rings (SSSR count). The fraction of sp³-hybridized carbons (Fsp3) is 0.261. The van der Waals surface area contributed by atoms with Crippen molar-refractivity contribution in [3.63, 3.8) is 0 Å². The van der Waals surface area contributed by atoms with E-state index in [1.807, 2.05) is 24.3 Å². The van der Waals surface area contributed by atoms with E-state index >= 15 is 0 Å². The van der Waals surface area contributed by atoms with E-state index in [0.717, 1.165) is 23.4 Å². The monoisotopic (exact) mass is 425 g/mol. The summed E-state index contributed by atoms with van der Waals surface area (Å²) in [6.07, 6.45) is 0.885. The molecular formula is C23H21F2N3O3. The van der Waals surface area contributed by atoms with Crippen molar-refractivity contribution in [3.05, 3.63) is 70.9 Å². The molecule has 0 radical (unpaired) electrons. The lowest BCUT2D eigenvalue weighted by Gasteiger charge is -2.29. The predicted molar refractivity (Wildman–Crippen MR) is 112 cm³/mol. The molecule has 8 heteroatoms. The quantitative estimate of drug-likeness (QED) is 0.632. The van der Waals surface area contributed by atoms with E-state index in [0.29, 0.717) is 42.5 Å². The van der Waals surface area contributed by atoms with Crippen molar-refractivity contribution in [2.45, 2.75) is 19.4 Å². The lowest BCUT2D eigenvalue weighted by Crippen LogP contribution is -2.34. The van der Waals surface area contributed by atoms with Gasteiger partial charge in [-0.1, -0.05) is 18.2 Å². The average Bonchev–Trinajstić information content (AvgIpc) is 2.78. The maximum atomic E-state index is 13.6. The number of amides is 1. The lowest BCUT2D eigenvalue weighted by molar-refractivity contribution is -0.141. The molecule has 0 unspecified atom stereocenters. The Bertz CT molecular complexity index is 1170. The number of aromatic nitrogens is 1. The first-order valence-electron chi connectivity index (χ1n) is 9.92. The first kappa shape index (κ1) is 20.9. The van der Waals surface area contributed by atoms with E-state index < -0.39 is 17.5 Å². The van der Waals surface area contributed by atoms with E-state index in [2.05, 4.69) is 10.2 Å². The highest BCUT2D eigenvalue weighted by Gasteiger charge is 2.26. The number of para-hydroxylation sites is 1. The molecular weight excluding hydrogens is 404 g/mol. The maximum absolute atomic E-state index is 13.6. The second-order valence-electron chi connectivity index (χ2n) is 7.36. The number of ether oxygens (including phenoxy) is 1. The molecule has 0 fully saturated rings. The minimum absolute atomic E-state index is 0.164. The number of carbonyl (C=O) groups excluding carboxylic acids is 2. The van der Waals surface area contributed by atoms with Crippen LogP contribution in [0.1, 0.15) is 28.0 Å². The Balaban J connectivity index is 1.70. The van der Waals surface area contributed by atoms with Gasteiger partial charge in [0.2, 0.25) is 0 Å². The van der Waals surface area contributed by atoms with Gasteiger partial charge in [-0.3, -0.25) is 19.5 Å². The number of benzene rings is 2. The van der Waals surface area contributed by atoms with Crippen LogP contribution in [0.4, 0.5) is 14.5 Å². The third-order valence-electron chi connectivity index (χ3n) is 5.39. The van der Waals surface area contributed by atoms with Crippen LogP contribution in [-0.4, -0.2) is 42.0 Å². The second-order valence-corrected chi connectivity index (χ2v) is 7.36. The summed E-state index contributed by atoms with van der Waals surface area (Å²) in [5, 5.41) is 3.35. The number of esters is 1. The van der Waals surface area contributed by atoms with Crippen molar-refractivity contribution in [3.8, 4) is 0 Å². The van der Waals surface area contributed by atoms with E-state index in [-0.39, 0.29) is 18.1 Å². The SMILES string of the molecule is COC(=O)CCN1CCc2nc3ccccc3c(C(=O)Nc3ccc(F)c(F)c3)c2C1. The average molecular weight is 425 g/mol. The highest BCUT2D eigenvalue weighted by Crippen LogP contribution is 2.29. The summed E-state index contributed by atoms with van der Waals surface area (Å²) in [5.74, 6) is -2.73. The molecule has 0 saturated carbocycles. The van der Waals surface area contributed by atoms with Gasteiger partial charge in [0.15, 0.2) is 11.6 Å². The van der Waals surface area contributed by atoms with Gasteiger partial charge >= 0.3 is 5.97 Å². The number of methoxy groups -OCH3 is 1. The molecule has 0 atom stereocenters. The summed E-state index contributed by atoms with van der Waals surface area (Å²) < 4.78 is 31.6. The molecule has 6 nitrogen and oxygen atoms in total. The fourth-order valence-corrected chi connectivity index (χ4v) is 3.82. The number of pyridine rings is 1. The largest absolute Gasteiger partial charge is 0.469 e. The summed E-state index contributed by atoms with van der Waals surface area (Å²) in [6, 6.07) is 10.6. The number of nitrogens with one attached hydrogen (secondary N) is 1. The molecule has 3 aromatic rings. The Hall–Kier alpha value is -3.39. The van der Waals surface area contributed by atoms with Crippen LogP contribution >= 0.6 is 0 Å². The standard InChI is InChI=1S/C23H21F2N3O3/c1-31-21(29)9-11-28-10-8-20-16(13-28)22(15-4-2-3-5-19(15)27-20)23(30)26-14-6-7-17(24)18(25)12-14/h2-7,12H,8-11,13H2,1H3,(H,26,30). The number of carbonyl (C=O) groups is 2. The van der Waals surface area contributed by atoms with Crippen molar-refractivity contribution >= 4 is 28.5 Å². The molecule has 0 bridgehead atoms. The number of nitrogens with zero attached hydrogens (tertiary/aromatic N) is 2. The molecule has 0 aliphatic carbocycles. The zero-order valence-electron chi connectivity index (χ0n) is 17.0. The van der Waals surface area contributed by atoms with Gasteiger partial charge < -0.3 is 10.1 Å². The molecule has 1 aliphatic heterocycles. The second kappa shape index (κ2) is 8.77. The van der Waals surface area contributed by atoms with Crippen LogP contribution in [0.5, 0.6) is 0 Å². The fourth-order valence-electron chi connectivity index (χ4n) is 3.82. The van der Waals surface area contributed by atoms with Crippen LogP contribution in [0, 0.1) is 11.6 Å². The number of fused-ring (bicyclic) bond motifs is 2. The minimum atomic E-state index is -1.03. The van der Waals surface area contributed by atoms with Crippen LogP contribution in [-0.2, 0) is 22.5 Å². The molecule has 1 aromatic heterocycles. The summed E-state index contributed by atoms with van der Waals surface area (Å²) in [4.78, 5) is 31.6. The Kier molecular flexibility index (Phi) is 5.90. The van der Waals surface area contributed by atoms with E-state index in [4.69, 9.17) is 9.72 Å². The number of rotatable bonds is 5. The number of hydrogen-bond acceptors (Lipinski definition) is 5. The van der Waals surface area contributed by atoms with Gasteiger partial charge in [-0.15, -0.1) is 0 Å². The summed E-state index contributed by atoms with van der Waals surface area (Å²) >= 11 is 0. The number of halogens is 2. The zero-order valence-corrected chi connectivity index (χ0v) is 17.0. The van der Waals surface area contributed by atoms with Crippen molar-refractivity contribution in [1.29, 1.82) is 0 Å². The first-order chi connectivity index (χ1) is 15.0. The third kappa shape index (κ3) is 4.39. The van der Waals surface area contributed by atoms with E-state index in [1.54, 1.807) is 0 Å². The number of hydrogen-bond donors (Lipinski definition) is 1. The number of anilines is 1. The van der Waals surface area contributed by atoms with Crippen LogP contribution in [0.2, 0.25) is 0 Å². The normalized spacial score (nSPS) is 13.6. The molecule has 2 heterocycles. The molecule has 1 amide bonds. The first-order valence-corrected chi connectivity index (χ1v) is 9.92. The highest BCUT2D eigenvalue weighted by molar-refractivity contribution is 6.13. The Morgan fingerprint density at radius 2 is 1.97 bits per heavy atom. The highest BCUT2D eigenvalue weighted by atomic mass is 19.2.